The van der Waals surface area contributed by atoms with Gasteiger partial charge in [0, 0.05) is 23.7 Å². The van der Waals surface area contributed by atoms with E-state index in [2.05, 4.69) is 5.32 Å². The van der Waals surface area contributed by atoms with Gasteiger partial charge >= 0.3 is 6.18 Å². The second-order valence-corrected chi connectivity index (χ2v) is 6.91. The van der Waals surface area contributed by atoms with E-state index in [1.807, 2.05) is 0 Å². The summed E-state index contributed by atoms with van der Waals surface area (Å²) in [7, 11) is 0. The van der Waals surface area contributed by atoms with Crippen LogP contribution in [-0.2, 0) is 15.8 Å². The molecule has 0 spiro atoms. The highest BCUT2D eigenvalue weighted by atomic mass is 35.5. The summed E-state index contributed by atoms with van der Waals surface area (Å²) in [6.07, 6.45) is -4.59. The van der Waals surface area contributed by atoms with Gasteiger partial charge in [-0.15, -0.1) is 0 Å². The number of carbonyl (C=O) groups is 2. The van der Waals surface area contributed by atoms with Gasteiger partial charge in [-0.25, -0.2) is 0 Å². The molecule has 0 unspecified atom stereocenters. The summed E-state index contributed by atoms with van der Waals surface area (Å²) in [5, 5.41) is 3.14. The van der Waals surface area contributed by atoms with Gasteiger partial charge in [-0.2, -0.15) is 13.2 Å². The summed E-state index contributed by atoms with van der Waals surface area (Å²) in [4.78, 5) is 26.1. The molecule has 142 valence electrons. The lowest BCUT2D eigenvalue weighted by Crippen LogP contribution is -2.28. The van der Waals surface area contributed by atoms with Crippen LogP contribution in [-0.4, -0.2) is 18.4 Å². The minimum atomic E-state index is -4.51. The van der Waals surface area contributed by atoms with Crippen LogP contribution < -0.4 is 10.2 Å². The van der Waals surface area contributed by atoms with Crippen molar-refractivity contribution in [3.8, 4) is 0 Å². The Balaban J connectivity index is 1.74. The van der Waals surface area contributed by atoms with Crippen molar-refractivity contribution in [2.45, 2.75) is 12.6 Å². The van der Waals surface area contributed by atoms with Crippen LogP contribution in [0.5, 0.6) is 0 Å². The van der Waals surface area contributed by atoms with E-state index in [1.165, 1.54) is 23.1 Å². The van der Waals surface area contributed by atoms with Gasteiger partial charge in [0.15, 0.2) is 0 Å². The SMILES string of the molecule is O=C(Nc1cccc(C(F)(F)F)c1)[C@H]1CC(=O)N(c2cc(Cl)ccc2Cl)C1. The third-order valence-electron chi connectivity index (χ3n) is 4.15. The lowest BCUT2D eigenvalue weighted by atomic mass is 10.1. The second-order valence-electron chi connectivity index (χ2n) is 6.07. The number of nitrogens with zero attached hydrogens (tertiary/aromatic N) is 1. The van der Waals surface area contributed by atoms with E-state index in [4.69, 9.17) is 23.2 Å². The average molecular weight is 417 g/mol. The zero-order valence-electron chi connectivity index (χ0n) is 13.7. The molecule has 0 aliphatic carbocycles. The summed E-state index contributed by atoms with van der Waals surface area (Å²) in [5.74, 6) is -1.58. The quantitative estimate of drug-likeness (QED) is 0.764. The molecule has 4 nitrogen and oxygen atoms in total. The Hall–Kier alpha value is -2.25. The third-order valence-corrected chi connectivity index (χ3v) is 4.71. The van der Waals surface area contributed by atoms with E-state index < -0.39 is 23.6 Å². The number of rotatable bonds is 3. The number of benzene rings is 2. The van der Waals surface area contributed by atoms with E-state index in [1.54, 1.807) is 12.1 Å². The third kappa shape index (κ3) is 4.36. The molecule has 0 saturated carbocycles. The zero-order valence-corrected chi connectivity index (χ0v) is 15.2. The van der Waals surface area contributed by atoms with Gasteiger partial charge < -0.3 is 10.2 Å². The van der Waals surface area contributed by atoms with Crippen LogP contribution >= 0.6 is 23.2 Å². The predicted octanol–water partition coefficient (Wildman–Crippen LogP) is 5.00. The number of carbonyl (C=O) groups excluding carboxylic acids is 2. The zero-order chi connectivity index (χ0) is 19.8. The Kier molecular flexibility index (Phi) is 5.35. The summed E-state index contributed by atoms with van der Waals surface area (Å²) in [5.41, 5.74) is -0.458. The maximum absolute atomic E-state index is 12.8. The smallest absolute Gasteiger partial charge is 0.326 e. The molecule has 27 heavy (non-hydrogen) atoms. The van der Waals surface area contributed by atoms with Crippen molar-refractivity contribution in [1.82, 2.24) is 0 Å². The van der Waals surface area contributed by atoms with Crippen molar-refractivity contribution in [2.24, 2.45) is 5.92 Å². The molecule has 1 heterocycles. The van der Waals surface area contributed by atoms with Crippen LogP contribution in [0.2, 0.25) is 10.0 Å². The van der Waals surface area contributed by atoms with Gasteiger partial charge in [-0.1, -0.05) is 29.3 Å². The van der Waals surface area contributed by atoms with Crippen LogP contribution in [0.4, 0.5) is 24.5 Å². The van der Waals surface area contributed by atoms with E-state index in [0.29, 0.717) is 15.7 Å². The van der Waals surface area contributed by atoms with Gasteiger partial charge in [0.1, 0.15) is 0 Å². The highest BCUT2D eigenvalue weighted by Gasteiger charge is 2.36. The van der Waals surface area contributed by atoms with Crippen LogP contribution in [0, 0.1) is 5.92 Å². The maximum atomic E-state index is 12.8. The first-order chi connectivity index (χ1) is 12.6. The van der Waals surface area contributed by atoms with E-state index >= 15 is 0 Å². The number of amides is 2. The molecule has 2 aromatic rings. The fourth-order valence-electron chi connectivity index (χ4n) is 2.83. The number of hydrogen-bond acceptors (Lipinski definition) is 2. The highest BCUT2D eigenvalue weighted by molar-refractivity contribution is 6.36. The maximum Gasteiger partial charge on any atom is 0.416 e. The molecule has 0 radical (unpaired) electrons. The number of halogens is 5. The van der Waals surface area contributed by atoms with Gasteiger partial charge in [-0.3, -0.25) is 9.59 Å². The van der Waals surface area contributed by atoms with Gasteiger partial charge in [0.2, 0.25) is 11.8 Å². The number of alkyl halides is 3. The molecule has 9 heteroatoms. The average Bonchev–Trinajstić information content (AvgIpc) is 2.98. The van der Waals surface area contributed by atoms with Crippen LogP contribution in [0.25, 0.3) is 0 Å². The number of nitrogens with one attached hydrogen (secondary N) is 1. The molecular formula is C18H13Cl2F3N2O2. The van der Waals surface area contributed by atoms with Gasteiger partial charge in [-0.05, 0) is 36.4 Å². The van der Waals surface area contributed by atoms with E-state index in [-0.39, 0.29) is 24.6 Å². The molecule has 1 fully saturated rings. The standard InChI is InChI=1S/C18H13Cl2F3N2O2/c19-12-4-5-14(20)15(8-12)25-9-10(6-16(25)26)17(27)24-13-3-1-2-11(7-13)18(21,22)23/h1-5,7-8,10H,6,9H2,(H,24,27)/t10-/m0/s1. The number of anilines is 2. The molecule has 1 N–H and O–H groups in total. The molecule has 1 aliphatic rings. The van der Waals surface area contributed by atoms with Crippen LogP contribution in [0.3, 0.4) is 0 Å². The predicted molar refractivity (Wildman–Crippen MR) is 97.0 cm³/mol. The van der Waals surface area contributed by atoms with Crippen molar-refractivity contribution >= 4 is 46.4 Å². The summed E-state index contributed by atoms with van der Waals surface area (Å²) < 4.78 is 38.3. The first-order valence-electron chi connectivity index (χ1n) is 7.88. The van der Waals surface area contributed by atoms with Crippen molar-refractivity contribution in [2.75, 3.05) is 16.8 Å². The Bertz CT molecular complexity index is 902. The highest BCUT2D eigenvalue weighted by Crippen LogP contribution is 2.34. The molecule has 1 saturated heterocycles. The topological polar surface area (TPSA) is 49.4 Å². The molecule has 1 atom stereocenters. The fraction of sp³-hybridized carbons (Fsp3) is 0.222. The fourth-order valence-corrected chi connectivity index (χ4v) is 3.21. The largest absolute Gasteiger partial charge is 0.416 e. The van der Waals surface area contributed by atoms with Crippen LogP contribution in [0.15, 0.2) is 42.5 Å². The Morgan fingerprint density at radius 3 is 2.59 bits per heavy atom. The minimum Gasteiger partial charge on any atom is -0.326 e. The summed E-state index contributed by atoms with van der Waals surface area (Å²) >= 11 is 12.0. The number of hydrogen-bond donors (Lipinski definition) is 1. The Morgan fingerprint density at radius 1 is 1.15 bits per heavy atom. The lowest BCUT2D eigenvalue weighted by molar-refractivity contribution is -0.137. The van der Waals surface area contributed by atoms with Crippen molar-refractivity contribution in [3.05, 3.63) is 58.1 Å². The van der Waals surface area contributed by atoms with Crippen molar-refractivity contribution in [3.63, 3.8) is 0 Å². The van der Waals surface area contributed by atoms with Gasteiger partial charge in [0.05, 0.1) is 22.2 Å². The molecule has 2 amide bonds. The van der Waals surface area contributed by atoms with E-state index in [9.17, 15) is 22.8 Å². The summed E-state index contributed by atoms with van der Waals surface area (Å²) in [6, 6.07) is 8.97. The molecule has 0 bridgehead atoms. The van der Waals surface area contributed by atoms with Crippen molar-refractivity contribution in [1.29, 1.82) is 0 Å². The van der Waals surface area contributed by atoms with Crippen molar-refractivity contribution < 1.29 is 22.8 Å². The van der Waals surface area contributed by atoms with E-state index in [0.717, 1.165) is 12.1 Å². The Labute approximate surface area is 162 Å². The Morgan fingerprint density at radius 2 is 1.89 bits per heavy atom. The molecule has 3 rings (SSSR count). The lowest BCUT2D eigenvalue weighted by Gasteiger charge is -2.18. The summed E-state index contributed by atoms with van der Waals surface area (Å²) in [6.45, 7) is 0.0592. The normalized spacial score (nSPS) is 17.3. The first kappa shape index (κ1) is 19.5. The molecular weight excluding hydrogens is 404 g/mol. The monoisotopic (exact) mass is 416 g/mol. The molecule has 2 aromatic carbocycles. The minimum absolute atomic E-state index is 0.0153. The van der Waals surface area contributed by atoms with Gasteiger partial charge in [0.25, 0.3) is 0 Å². The van der Waals surface area contributed by atoms with Crippen LogP contribution in [0.1, 0.15) is 12.0 Å². The second kappa shape index (κ2) is 7.40. The molecule has 0 aromatic heterocycles. The first-order valence-corrected chi connectivity index (χ1v) is 8.64. The molecule has 1 aliphatic heterocycles.